The molecule has 118 valence electrons. The van der Waals surface area contributed by atoms with Gasteiger partial charge in [-0.25, -0.2) is 0 Å². The van der Waals surface area contributed by atoms with Gasteiger partial charge in [0.2, 0.25) is 0 Å². The van der Waals surface area contributed by atoms with E-state index in [-0.39, 0.29) is 17.7 Å². The summed E-state index contributed by atoms with van der Waals surface area (Å²) in [5.74, 6) is 0.421. The Hall–Kier alpha value is -2.11. The maximum Gasteiger partial charge on any atom is 0.288 e. The molecule has 0 spiro atoms. The number of rotatable bonds is 4. The van der Waals surface area contributed by atoms with Crippen molar-refractivity contribution in [3.05, 3.63) is 29.8 Å². The van der Waals surface area contributed by atoms with Crippen LogP contribution in [0.25, 0.3) is 0 Å². The zero-order chi connectivity index (χ0) is 15.5. The number of aromatic nitrogens is 2. The first kappa shape index (κ1) is 14.8. The molecule has 0 N–H and O–H groups in total. The predicted molar refractivity (Wildman–Crippen MR) is 80.2 cm³/mol. The molecule has 0 aromatic carbocycles. The second kappa shape index (κ2) is 6.34. The van der Waals surface area contributed by atoms with Crippen LogP contribution in [0.5, 0.6) is 0 Å². The highest BCUT2D eigenvalue weighted by Gasteiger charge is 2.33. The molecule has 1 amide bonds. The van der Waals surface area contributed by atoms with Crippen molar-refractivity contribution in [2.45, 2.75) is 38.1 Å². The van der Waals surface area contributed by atoms with Gasteiger partial charge in [0, 0.05) is 32.3 Å². The average Bonchev–Trinajstić information content (AvgIpc) is 3.16. The number of ether oxygens (including phenoxy) is 1. The van der Waals surface area contributed by atoms with Crippen LogP contribution in [0.15, 0.2) is 24.2 Å². The minimum atomic E-state index is -0.0683. The Morgan fingerprint density at radius 1 is 1.41 bits per heavy atom. The molecule has 0 aliphatic carbocycles. The number of carbonyl (C=O) groups excluding carboxylic acids is 2. The fraction of sp³-hybridized carbons (Fsp3) is 0.562. The van der Waals surface area contributed by atoms with E-state index in [9.17, 15) is 9.59 Å². The maximum atomic E-state index is 12.5. The molecule has 0 saturated carbocycles. The Morgan fingerprint density at radius 3 is 2.95 bits per heavy atom. The molecule has 0 radical (unpaired) electrons. The molecular formula is C16H21N3O3. The summed E-state index contributed by atoms with van der Waals surface area (Å²) in [4.78, 5) is 26.7. The lowest BCUT2D eigenvalue weighted by Crippen LogP contribution is -2.38. The molecule has 22 heavy (non-hydrogen) atoms. The summed E-state index contributed by atoms with van der Waals surface area (Å²) in [5, 5.41) is 4.03. The molecule has 1 aromatic rings. The van der Waals surface area contributed by atoms with Crippen molar-refractivity contribution >= 4 is 11.7 Å². The zero-order valence-corrected chi connectivity index (χ0v) is 12.8. The first-order chi connectivity index (χ1) is 10.6. The van der Waals surface area contributed by atoms with Gasteiger partial charge in [0.15, 0.2) is 11.5 Å². The van der Waals surface area contributed by atoms with E-state index >= 15 is 0 Å². The van der Waals surface area contributed by atoms with E-state index in [1.807, 2.05) is 6.08 Å². The summed E-state index contributed by atoms with van der Waals surface area (Å²) >= 11 is 0. The normalized spacial score (nSPS) is 21.4. The average molecular weight is 303 g/mol. The van der Waals surface area contributed by atoms with Crippen LogP contribution in [0.2, 0.25) is 0 Å². The number of hydrogen-bond donors (Lipinski definition) is 0. The number of ketones is 1. The van der Waals surface area contributed by atoms with E-state index in [4.69, 9.17) is 4.74 Å². The van der Waals surface area contributed by atoms with Gasteiger partial charge in [0.25, 0.3) is 5.91 Å². The van der Waals surface area contributed by atoms with E-state index in [2.05, 4.69) is 5.10 Å². The Kier molecular flexibility index (Phi) is 4.27. The SMILES string of the molecule is Cn1cc(C(=O)C[C@@H]2CCCN2C(=O)C2=CCCCO2)cn1. The molecule has 1 fully saturated rings. The van der Waals surface area contributed by atoms with Crippen LogP contribution in [-0.2, 0) is 16.6 Å². The summed E-state index contributed by atoms with van der Waals surface area (Å²) in [6.45, 7) is 1.30. The molecule has 3 rings (SSSR count). The van der Waals surface area contributed by atoms with Crippen molar-refractivity contribution in [1.82, 2.24) is 14.7 Å². The van der Waals surface area contributed by atoms with Crippen LogP contribution in [0.3, 0.4) is 0 Å². The van der Waals surface area contributed by atoms with Crippen molar-refractivity contribution in [2.24, 2.45) is 7.05 Å². The molecule has 0 bridgehead atoms. The highest BCUT2D eigenvalue weighted by molar-refractivity contribution is 5.97. The van der Waals surface area contributed by atoms with Crippen molar-refractivity contribution in [3.8, 4) is 0 Å². The number of Topliss-reactive ketones (excluding diaryl/α,β-unsaturated/α-hetero) is 1. The van der Waals surface area contributed by atoms with Crippen molar-refractivity contribution in [2.75, 3.05) is 13.2 Å². The zero-order valence-electron chi connectivity index (χ0n) is 12.8. The summed E-state index contributed by atoms with van der Waals surface area (Å²) < 4.78 is 7.08. The highest BCUT2D eigenvalue weighted by Crippen LogP contribution is 2.25. The lowest BCUT2D eigenvalue weighted by molar-refractivity contribution is -0.131. The molecule has 2 aliphatic heterocycles. The minimum Gasteiger partial charge on any atom is -0.488 e. The van der Waals surface area contributed by atoms with Crippen LogP contribution < -0.4 is 0 Å². The largest absolute Gasteiger partial charge is 0.488 e. The number of nitrogens with zero attached hydrogens (tertiary/aromatic N) is 3. The van der Waals surface area contributed by atoms with E-state index < -0.39 is 0 Å². The second-order valence-electron chi connectivity index (χ2n) is 5.88. The number of hydrogen-bond acceptors (Lipinski definition) is 4. The van der Waals surface area contributed by atoms with Gasteiger partial charge in [-0.05, 0) is 31.8 Å². The number of carbonyl (C=O) groups is 2. The van der Waals surface area contributed by atoms with Gasteiger partial charge < -0.3 is 9.64 Å². The molecule has 6 nitrogen and oxygen atoms in total. The molecule has 6 heteroatoms. The summed E-state index contributed by atoms with van der Waals surface area (Å²) in [6.07, 6.45) is 9.16. The Bertz CT molecular complexity index is 606. The third-order valence-electron chi connectivity index (χ3n) is 4.23. The van der Waals surface area contributed by atoms with Crippen LogP contribution in [-0.4, -0.2) is 45.6 Å². The number of likely N-dealkylation sites (tertiary alicyclic amines) is 1. The Labute approximate surface area is 129 Å². The van der Waals surface area contributed by atoms with Gasteiger partial charge in [-0.1, -0.05) is 0 Å². The van der Waals surface area contributed by atoms with Crippen molar-refractivity contribution in [1.29, 1.82) is 0 Å². The summed E-state index contributed by atoms with van der Waals surface area (Å²) in [5.41, 5.74) is 0.606. The molecule has 1 aromatic heterocycles. The van der Waals surface area contributed by atoms with Gasteiger partial charge in [-0.3, -0.25) is 14.3 Å². The van der Waals surface area contributed by atoms with Crippen molar-refractivity contribution in [3.63, 3.8) is 0 Å². The van der Waals surface area contributed by atoms with Gasteiger partial charge in [0.1, 0.15) is 0 Å². The summed E-state index contributed by atoms with van der Waals surface area (Å²) in [7, 11) is 1.79. The third kappa shape index (κ3) is 3.05. The molecule has 1 saturated heterocycles. The fourth-order valence-electron chi connectivity index (χ4n) is 3.06. The summed E-state index contributed by atoms with van der Waals surface area (Å²) in [6, 6.07) is -0.0355. The smallest absolute Gasteiger partial charge is 0.288 e. The van der Waals surface area contributed by atoms with Gasteiger partial charge in [0.05, 0.1) is 18.4 Å². The molecule has 1 atom stereocenters. The van der Waals surface area contributed by atoms with Crippen LogP contribution in [0.1, 0.15) is 42.5 Å². The molecule has 0 unspecified atom stereocenters. The third-order valence-corrected chi connectivity index (χ3v) is 4.23. The van der Waals surface area contributed by atoms with Gasteiger partial charge in [-0.15, -0.1) is 0 Å². The standard InChI is InChI=1S/C16H21N3O3/c1-18-11-12(10-17-18)14(20)9-13-5-4-7-19(13)16(21)15-6-2-3-8-22-15/h6,10-11,13H,2-5,7-9H2,1H3/t13-/m0/s1. The molecular weight excluding hydrogens is 282 g/mol. The number of aryl methyl sites for hydroxylation is 1. The van der Waals surface area contributed by atoms with Gasteiger partial charge >= 0.3 is 0 Å². The Morgan fingerprint density at radius 2 is 2.27 bits per heavy atom. The van der Waals surface area contributed by atoms with Crippen LogP contribution in [0.4, 0.5) is 0 Å². The highest BCUT2D eigenvalue weighted by atomic mass is 16.5. The number of allylic oxidation sites excluding steroid dienone is 1. The van der Waals surface area contributed by atoms with E-state index in [1.54, 1.807) is 29.0 Å². The topological polar surface area (TPSA) is 64.4 Å². The quantitative estimate of drug-likeness (QED) is 0.794. The van der Waals surface area contributed by atoms with E-state index in [0.717, 1.165) is 25.7 Å². The van der Waals surface area contributed by atoms with E-state index in [1.165, 1.54) is 0 Å². The lowest BCUT2D eigenvalue weighted by Gasteiger charge is -2.26. The lowest BCUT2D eigenvalue weighted by atomic mass is 10.0. The fourth-order valence-corrected chi connectivity index (χ4v) is 3.06. The predicted octanol–water partition coefficient (Wildman–Crippen LogP) is 1.68. The van der Waals surface area contributed by atoms with Gasteiger partial charge in [-0.2, -0.15) is 5.10 Å². The van der Waals surface area contributed by atoms with Crippen LogP contribution >= 0.6 is 0 Å². The van der Waals surface area contributed by atoms with E-state index in [0.29, 0.717) is 30.9 Å². The van der Waals surface area contributed by atoms with Crippen LogP contribution in [0, 0.1) is 0 Å². The second-order valence-corrected chi connectivity index (χ2v) is 5.88. The molecule has 3 heterocycles. The number of amides is 1. The monoisotopic (exact) mass is 303 g/mol. The first-order valence-corrected chi connectivity index (χ1v) is 7.81. The molecule has 2 aliphatic rings. The minimum absolute atomic E-state index is 0.0355. The maximum absolute atomic E-state index is 12.5. The Balaban J connectivity index is 1.66. The first-order valence-electron chi connectivity index (χ1n) is 7.81. The van der Waals surface area contributed by atoms with Crippen molar-refractivity contribution < 1.29 is 14.3 Å².